The second-order valence-corrected chi connectivity index (χ2v) is 5.81. The van der Waals surface area contributed by atoms with E-state index >= 15 is 0 Å². The van der Waals surface area contributed by atoms with Crippen molar-refractivity contribution in [3.63, 3.8) is 0 Å². The van der Waals surface area contributed by atoms with Crippen LogP contribution in [0.25, 0.3) is 0 Å². The van der Waals surface area contributed by atoms with Crippen LogP contribution >= 0.6 is 0 Å². The largest absolute Gasteiger partial charge is 0.484 e. The van der Waals surface area contributed by atoms with E-state index in [0.717, 1.165) is 12.8 Å². The highest BCUT2D eigenvalue weighted by atomic mass is 16.5. The van der Waals surface area contributed by atoms with Crippen molar-refractivity contribution in [3.05, 3.63) is 64.7 Å². The molecule has 0 spiro atoms. The van der Waals surface area contributed by atoms with Gasteiger partial charge in [0.25, 0.3) is 5.91 Å². The van der Waals surface area contributed by atoms with Gasteiger partial charge in [0.15, 0.2) is 6.61 Å². The summed E-state index contributed by atoms with van der Waals surface area (Å²) in [6, 6.07) is 15.2. The zero-order valence-corrected chi connectivity index (χ0v) is 14.1. The van der Waals surface area contributed by atoms with Crippen LogP contribution in [0.15, 0.2) is 42.5 Å². The van der Waals surface area contributed by atoms with Gasteiger partial charge in [0.05, 0.1) is 11.6 Å². The minimum atomic E-state index is -0.139. The van der Waals surface area contributed by atoms with Crippen LogP contribution in [-0.2, 0) is 11.2 Å². The molecule has 0 bridgehead atoms. The van der Waals surface area contributed by atoms with Gasteiger partial charge in [0.2, 0.25) is 0 Å². The number of hydrogen-bond donors (Lipinski definition) is 1. The predicted molar refractivity (Wildman–Crippen MR) is 93.9 cm³/mol. The van der Waals surface area contributed by atoms with Crippen molar-refractivity contribution in [1.29, 1.82) is 5.26 Å². The number of nitriles is 1. The topological polar surface area (TPSA) is 62.1 Å². The summed E-state index contributed by atoms with van der Waals surface area (Å²) >= 11 is 0. The molecule has 0 fully saturated rings. The van der Waals surface area contributed by atoms with E-state index < -0.39 is 0 Å². The molecule has 0 aliphatic rings. The molecule has 4 heteroatoms. The van der Waals surface area contributed by atoms with E-state index in [4.69, 9.17) is 10.00 Å². The smallest absolute Gasteiger partial charge is 0.257 e. The van der Waals surface area contributed by atoms with Crippen LogP contribution in [0.5, 0.6) is 5.75 Å². The van der Waals surface area contributed by atoms with Crippen molar-refractivity contribution in [3.8, 4) is 11.8 Å². The number of carbonyl (C=O) groups excluding carboxylic acids is 1. The third-order valence-electron chi connectivity index (χ3n) is 3.80. The molecular formula is C20H22N2O2. The van der Waals surface area contributed by atoms with Crippen molar-refractivity contribution in [2.45, 2.75) is 26.7 Å². The minimum Gasteiger partial charge on any atom is -0.484 e. The second-order valence-electron chi connectivity index (χ2n) is 5.81. The molecule has 2 rings (SSSR count). The lowest BCUT2D eigenvalue weighted by molar-refractivity contribution is -0.123. The molecule has 0 saturated carbocycles. The van der Waals surface area contributed by atoms with Crippen LogP contribution in [0.3, 0.4) is 0 Å². The minimum absolute atomic E-state index is 0.0184. The number of hydrogen-bond acceptors (Lipinski definition) is 3. The number of aryl methyl sites for hydroxylation is 3. The fraction of sp³-hybridized carbons (Fsp3) is 0.300. The summed E-state index contributed by atoms with van der Waals surface area (Å²) in [6.45, 7) is 4.82. The van der Waals surface area contributed by atoms with Crippen LogP contribution in [0.2, 0.25) is 0 Å². The van der Waals surface area contributed by atoms with Crippen molar-refractivity contribution < 1.29 is 9.53 Å². The van der Waals surface area contributed by atoms with E-state index in [0.29, 0.717) is 17.9 Å². The van der Waals surface area contributed by atoms with E-state index in [9.17, 15) is 4.79 Å². The molecule has 1 amide bonds. The van der Waals surface area contributed by atoms with Gasteiger partial charge >= 0.3 is 0 Å². The maximum atomic E-state index is 11.8. The molecule has 4 nitrogen and oxygen atoms in total. The van der Waals surface area contributed by atoms with Gasteiger partial charge in [-0.1, -0.05) is 23.8 Å². The quantitative estimate of drug-likeness (QED) is 0.796. The standard InChI is InChI=1S/C20H22N2O2/c1-15-5-8-18(16(2)12-15)4-3-11-22-20(23)14-24-19-9-6-17(13-21)7-10-19/h5-10,12H,3-4,11,14H2,1-2H3,(H,22,23). The third-order valence-corrected chi connectivity index (χ3v) is 3.80. The number of amides is 1. The van der Waals surface area contributed by atoms with Crippen molar-refractivity contribution in [2.24, 2.45) is 0 Å². The number of nitrogens with zero attached hydrogens (tertiary/aromatic N) is 1. The first-order valence-electron chi connectivity index (χ1n) is 8.04. The molecule has 2 aromatic carbocycles. The van der Waals surface area contributed by atoms with Gasteiger partial charge in [-0.3, -0.25) is 4.79 Å². The van der Waals surface area contributed by atoms with E-state index in [-0.39, 0.29) is 12.5 Å². The molecule has 0 radical (unpaired) electrons. The van der Waals surface area contributed by atoms with Crippen molar-refractivity contribution in [2.75, 3.05) is 13.2 Å². The highest BCUT2D eigenvalue weighted by molar-refractivity contribution is 5.77. The predicted octanol–water partition coefficient (Wildman–Crippen LogP) is 3.30. The Morgan fingerprint density at radius 3 is 2.58 bits per heavy atom. The van der Waals surface area contributed by atoms with Gasteiger partial charge in [0.1, 0.15) is 5.75 Å². The van der Waals surface area contributed by atoms with Gasteiger partial charge in [-0.25, -0.2) is 0 Å². The summed E-state index contributed by atoms with van der Waals surface area (Å²) in [5.41, 5.74) is 4.46. The first kappa shape index (κ1) is 17.6. The van der Waals surface area contributed by atoms with E-state index in [2.05, 4.69) is 37.4 Å². The van der Waals surface area contributed by atoms with Gasteiger partial charge in [0, 0.05) is 6.54 Å². The molecule has 0 aliphatic heterocycles. The Labute approximate surface area is 143 Å². The number of nitrogens with one attached hydrogen (secondary N) is 1. The number of rotatable bonds is 7. The van der Waals surface area contributed by atoms with E-state index in [1.54, 1.807) is 24.3 Å². The van der Waals surface area contributed by atoms with Crippen LogP contribution < -0.4 is 10.1 Å². The van der Waals surface area contributed by atoms with Crippen LogP contribution in [0, 0.1) is 25.2 Å². The van der Waals surface area contributed by atoms with E-state index in [1.165, 1.54) is 16.7 Å². The summed E-state index contributed by atoms with van der Waals surface area (Å²) in [5, 5.41) is 11.6. The van der Waals surface area contributed by atoms with Crippen LogP contribution in [0.1, 0.15) is 28.7 Å². The Morgan fingerprint density at radius 1 is 1.17 bits per heavy atom. The Balaban J connectivity index is 1.66. The van der Waals surface area contributed by atoms with Gasteiger partial charge in [-0.15, -0.1) is 0 Å². The molecule has 24 heavy (non-hydrogen) atoms. The average Bonchev–Trinajstić information content (AvgIpc) is 2.59. The summed E-state index contributed by atoms with van der Waals surface area (Å²) in [5.74, 6) is 0.444. The molecule has 0 heterocycles. The Kier molecular flexibility index (Phi) is 6.39. The summed E-state index contributed by atoms with van der Waals surface area (Å²) in [7, 11) is 0. The zero-order chi connectivity index (χ0) is 17.4. The molecule has 0 saturated heterocycles. The summed E-state index contributed by atoms with van der Waals surface area (Å²) in [4.78, 5) is 11.8. The molecule has 2 aromatic rings. The molecular weight excluding hydrogens is 300 g/mol. The number of carbonyl (C=O) groups is 1. The molecule has 0 unspecified atom stereocenters. The van der Waals surface area contributed by atoms with Crippen LogP contribution in [-0.4, -0.2) is 19.1 Å². The third kappa shape index (κ3) is 5.44. The fourth-order valence-electron chi connectivity index (χ4n) is 2.46. The first-order valence-corrected chi connectivity index (χ1v) is 8.04. The second kappa shape index (κ2) is 8.73. The maximum Gasteiger partial charge on any atom is 0.257 e. The van der Waals surface area contributed by atoms with Crippen LogP contribution in [0.4, 0.5) is 0 Å². The monoisotopic (exact) mass is 322 g/mol. The molecule has 0 aromatic heterocycles. The average molecular weight is 322 g/mol. The summed E-state index contributed by atoms with van der Waals surface area (Å²) in [6.07, 6.45) is 1.84. The lowest BCUT2D eigenvalue weighted by Crippen LogP contribution is -2.29. The summed E-state index contributed by atoms with van der Waals surface area (Å²) < 4.78 is 5.39. The fourth-order valence-corrected chi connectivity index (χ4v) is 2.46. The lowest BCUT2D eigenvalue weighted by Gasteiger charge is -2.09. The zero-order valence-electron chi connectivity index (χ0n) is 14.1. The highest BCUT2D eigenvalue weighted by Gasteiger charge is 2.03. The highest BCUT2D eigenvalue weighted by Crippen LogP contribution is 2.12. The normalized spacial score (nSPS) is 10.0. The lowest BCUT2D eigenvalue weighted by atomic mass is 10.0. The molecule has 0 atom stereocenters. The van der Waals surface area contributed by atoms with Gasteiger partial charge in [-0.2, -0.15) is 5.26 Å². The Bertz CT molecular complexity index is 730. The Morgan fingerprint density at radius 2 is 1.92 bits per heavy atom. The SMILES string of the molecule is Cc1ccc(CCCNC(=O)COc2ccc(C#N)cc2)c(C)c1. The van der Waals surface area contributed by atoms with E-state index in [1.807, 2.05) is 6.07 Å². The van der Waals surface area contributed by atoms with Crippen molar-refractivity contribution >= 4 is 5.91 Å². The number of benzene rings is 2. The van der Waals surface area contributed by atoms with Gasteiger partial charge < -0.3 is 10.1 Å². The Hall–Kier alpha value is -2.80. The molecule has 1 N–H and O–H groups in total. The molecule has 0 aliphatic carbocycles. The first-order chi connectivity index (χ1) is 11.6. The van der Waals surface area contributed by atoms with Crippen molar-refractivity contribution in [1.82, 2.24) is 5.32 Å². The maximum absolute atomic E-state index is 11.8. The molecule has 124 valence electrons. The van der Waals surface area contributed by atoms with Gasteiger partial charge in [-0.05, 0) is 62.1 Å². The number of ether oxygens (including phenoxy) is 1.